The minimum atomic E-state index is 0.425. The molecule has 1 rings (SSSR count). The summed E-state index contributed by atoms with van der Waals surface area (Å²) in [6, 6.07) is 0. The van der Waals surface area contributed by atoms with Gasteiger partial charge in [-0.05, 0) is 28.1 Å². The molecule has 1 saturated carbocycles. The smallest absolute Gasteiger partial charge is 0.0144 e. The maximum Gasteiger partial charge on any atom is -0.0144 e. The highest BCUT2D eigenvalue weighted by Crippen LogP contribution is 2.78. The zero-order valence-electron chi connectivity index (χ0n) is 10.7. The van der Waals surface area contributed by atoms with Crippen molar-refractivity contribution in [2.24, 2.45) is 21.7 Å². The minimum absolute atomic E-state index is 0.425. The van der Waals surface area contributed by atoms with Gasteiger partial charge in [0.05, 0.1) is 0 Å². The van der Waals surface area contributed by atoms with Crippen LogP contribution in [-0.4, -0.2) is 0 Å². The molecule has 1 aliphatic rings. The highest BCUT2D eigenvalue weighted by Gasteiger charge is 2.71. The highest BCUT2D eigenvalue weighted by atomic mass is 14.7. The van der Waals surface area contributed by atoms with E-state index in [0.717, 1.165) is 0 Å². The summed E-state index contributed by atoms with van der Waals surface area (Å²) >= 11 is 0. The molecule has 0 nitrogen and oxygen atoms in total. The predicted molar refractivity (Wildman–Crippen MR) is 59.7 cm³/mol. The largest absolute Gasteiger partial charge is 0.0596 e. The molecule has 0 heterocycles. The van der Waals surface area contributed by atoms with Gasteiger partial charge in [-0.1, -0.05) is 55.4 Å². The van der Waals surface area contributed by atoms with Gasteiger partial charge in [-0.15, -0.1) is 0 Å². The fraction of sp³-hybridized carbons (Fsp3) is 1.00. The van der Waals surface area contributed by atoms with Crippen LogP contribution in [0.25, 0.3) is 0 Å². The normalized spacial score (nSPS) is 25.8. The highest BCUT2D eigenvalue weighted by molar-refractivity contribution is 5.19. The Bertz CT molecular complexity index is 193. The van der Waals surface area contributed by atoms with Gasteiger partial charge in [-0.25, -0.2) is 0 Å². The Morgan fingerprint density at radius 2 is 1.00 bits per heavy atom. The van der Waals surface area contributed by atoms with Gasteiger partial charge in [0, 0.05) is 0 Å². The number of rotatable bonds is 0. The fourth-order valence-corrected chi connectivity index (χ4v) is 4.30. The van der Waals surface area contributed by atoms with E-state index in [4.69, 9.17) is 0 Å². The maximum absolute atomic E-state index is 2.42. The first kappa shape index (κ1) is 11.1. The van der Waals surface area contributed by atoms with Gasteiger partial charge in [0.1, 0.15) is 0 Å². The fourth-order valence-electron chi connectivity index (χ4n) is 4.30. The van der Waals surface area contributed by atoms with E-state index in [2.05, 4.69) is 55.4 Å². The molecular weight excluding hydrogens is 156 g/mol. The molecule has 1 fully saturated rings. The van der Waals surface area contributed by atoms with E-state index >= 15 is 0 Å². The Balaban J connectivity index is 3.10. The van der Waals surface area contributed by atoms with Crippen molar-refractivity contribution >= 4 is 0 Å². The molecule has 1 aliphatic carbocycles. The topological polar surface area (TPSA) is 0 Å². The van der Waals surface area contributed by atoms with Crippen LogP contribution in [0.3, 0.4) is 0 Å². The molecule has 0 heteroatoms. The molecule has 0 atom stereocenters. The van der Waals surface area contributed by atoms with Crippen LogP contribution >= 0.6 is 0 Å². The van der Waals surface area contributed by atoms with E-state index in [-0.39, 0.29) is 0 Å². The van der Waals surface area contributed by atoms with E-state index in [1.165, 1.54) is 6.42 Å². The van der Waals surface area contributed by atoms with E-state index in [0.29, 0.717) is 21.7 Å². The first-order valence-electron chi connectivity index (χ1n) is 5.46. The van der Waals surface area contributed by atoms with Crippen LogP contribution in [0.1, 0.15) is 61.8 Å². The Morgan fingerprint density at radius 1 is 0.769 bits per heavy atom. The average molecular weight is 182 g/mol. The summed E-state index contributed by atoms with van der Waals surface area (Å²) in [5, 5.41) is 0. The molecule has 0 aromatic rings. The third-order valence-corrected chi connectivity index (χ3v) is 4.30. The van der Waals surface area contributed by atoms with Crippen LogP contribution < -0.4 is 0 Å². The van der Waals surface area contributed by atoms with Crippen molar-refractivity contribution in [3.8, 4) is 0 Å². The Hall–Kier alpha value is 0. The Kier molecular flexibility index (Phi) is 1.98. The molecule has 0 amide bonds. The van der Waals surface area contributed by atoms with Crippen molar-refractivity contribution < 1.29 is 0 Å². The summed E-state index contributed by atoms with van der Waals surface area (Å²) < 4.78 is 0. The van der Waals surface area contributed by atoms with Crippen molar-refractivity contribution in [1.82, 2.24) is 0 Å². The van der Waals surface area contributed by atoms with E-state index < -0.39 is 0 Å². The second-order valence-corrected chi connectivity index (χ2v) is 7.47. The molecule has 0 radical (unpaired) electrons. The molecule has 0 bridgehead atoms. The Labute approximate surface area is 84.1 Å². The summed E-state index contributed by atoms with van der Waals surface area (Å²) in [5.41, 5.74) is 1.90. The molecule has 13 heavy (non-hydrogen) atoms. The van der Waals surface area contributed by atoms with Crippen molar-refractivity contribution in [2.45, 2.75) is 61.8 Å². The SMILES string of the molecule is CC(C)(C)C1(C(C)(C)C)CC1(C)C. The average Bonchev–Trinajstić information content (AvgIpc) is 2.30. The molecular formula is C13H26. The summed E-state index contributed by atoms with van der Waals surface area (Å²) in [4.78, 5) is 0. The monoisotopic (exact) mass is 182 g/mol. The molecule has 78 valence electrons. The molecule has 0 aromatic carbocycles. The molecule has 0 N–H and O–H groups in total. The second kappa shape index (κ2) is 2.32. The van der Waals surface area contributed by atoms with E-state index in [1.54, 1.807) is 0 Å². The predicted octanol–water partition coefficient (Wildman–Crippen LogP) is 4.49. The lowest BCUT2D eigenvalue weighted by atomic mass is 9.60. The van der Waals surface area contributed by atoms with Gasteiger partial charge < -0.3 is 0 Å². The molecule has 0 aliphatic heterocycles. The van der Waals surface area contributed by atoms with Crippen LogP contribution in [0.4, 0.5) is 0 Å². The van der Waals surface area contributed by atoms with Crippen molar-refractivity contribution in [3.63, 3.8) is 0 Å². The first-order valence-corrected chi connectivity index (χ1v) is 5.46. The molecule has 0 saturated heterocycles. The lowest BCUT2D eigenvalue weighted by molar-refractivity contribution is 0.0374. The first-order chi connectivity index (χ1) is 5.46. The zero-order valence-corrected chi connectivity index (χ0v) is 10.7. The van der Waals surface area contributed by atoms with Gasteiger partial charge in [0.15, 0.2) is 0 Å². The summed E-state index contributed by atoms with van der Waals surface area (Å²) in [5.74, 6) is 0. The third kappa shape index (κ3) is 1.25. The van der Waals surface area contributed by atoms with Crippen LogP contribution in [0.5, 0.6) is 0 Å². The maximum atomic E-state index is 2.42. The van der Waals surface area contributed by atoms with Gasteiger partial charge in [-0.3, -0.25) is 0 Å². The standard InChI is InChI=1S/C13H26/c1-10(2,3)13(11(4,5)6)9-12(13,7)8/h9H2,1-8H3. The van der Waals surface area contributed by atoms with E-state index in [9.17, 15) is 0 Å². The molecule has 0 aromatic heterocycles. The van der Waals surface area contributed by atoms with E-state index in [1.807, 2.05) is 0 Å². The van der Waals surface area contributed by atoms with Crippen LogP contribution in [-0.2, 0) is 0 Å². The molecule has 0 unspecified atom stereocenters. The van der Waals surface area contributed by atoms with Gasteiger partial charge >= 0.3 is 0 Å². The minimum Gasteiger partial charge on any atom is -0.0596 e. The van der Waals surface area contributed by atoms with Crippen molar-refractivity contribution in [1.29, 1.82) is 0 Å². The number of hydrogen-bond acceptors (Lipinski definition) is 0. The summed E-state index contributed by atoms with van der Waals surface area (Å²) in [6.07, 6.45) is 1.38. The second-order valence-electron chi connectivity index (χ2n) is 7.47. The van der Waals surface area contributed by atoms with Crippen LogP contribution in [0.15, 0.2) is 0 Å². The van der Waals surface area contributed by atoms with Crippen molar-refractivity contribution in [3.05, 3.63) is 0 Å². The quantitative estimate of drug-likeness (QED) is 0.517. The van der Waals surface area contributed by atoms with Crippen molar-refractivity contribution in [2.75, 3.05) is 0 Å². The van der Waals surface area contributed by atoms with Gasteiger partial charge in [0.25, 0.3) is 0 Å². The third-order valence-electron chi connectivity index (χ3n) is 4.30. The zero-order chi connectivity index (χ0) is 10.7. The van der Waals surface area contributed by atoms with Gasteiger partial charge in [0.2, 0.25) is 0 Å². The number of hydrogen-bond donors (Lipinski definition) is 0. The molecule has 0 spiro atoms. The Morgan fingerprint density at radius 3 is 1.00 bits per heavy atom. The summed E-state index contributed by atoms with van der Waals surface area (Å²) in [7, 11) is 0. The lowest BCUT2D eigenvalue weighted by Crippen LogP contribution is -2.38. The van der Waals surface area contributed by atoms with Gasteiger partial charge in [-0.2, -0.15) is 0 Å². The van der Waals surface area contributed by atoms with Crippen LogP contribution in [0.2, 0.25) is 0 Å². The summed E-state index contributed by atoms with van der Waals surface area (Å²) in [6.45, 7) is 19.2. The van der Waals surface area contributed by atoms with Crippen LogP contribution in [0, 0.1) is 21.7 Å². The lowest BCUT2D eigenvalue weighted by Gasteiger charge is -2.45.